The Labute approximate surface area is 77.5 Å². The minimum absolute atomic E-state index is 0.958. The Bertz CT molecular complexity index is 393. The fourth-order valence-electron chi connectivity index (χ4n) is 1.01. The number of fused-ring (bicyclic) bond motifs is 1. The maximum atomic E-state index is 3.99. The number of nitrogens with zero attached hydrogens (tertiary/aromatic N) is 3. The molecule has 56 valence electrons. The van der Waals surface area contributed by atoms with Crippen LogP contribution in [0.2, 0.25) is 0 Å². The van der Waals surface area contributed by atoms with E-state index in [1.165, 1.54) is 3.57 Å². The summed E-state index contributed by atoms with van der Waals surface area (Å²) in [5.74, 6) is 0. The minimum atomic E-state index is 0.958. The quantitative estimate of drug-likeness (QED) is 0.672. The van der Waals surface area contributed by atoms with E-state index < -0.39 is 0 Å². The molecule has 0 unspecified atom stereocenters. The third-order valence-corrected chi connectivity index (χ3v) is 2.24. The van der Waals surface area contributed by atoms with Crippen molar-refractivity contribution in [3.8, 4) is 0 Å². The molecule has 0 aliphatic heterocycles. The second kappa shape index (κ2) is 2.44. The Kier molecular flexibility index (Phi) is 1.56. The van der Waals surface area contributed by atoms with Gasteiger partial charge in [0, 0.05) is 10.6 Å². The molecule has 0 fully saturated rings. The van der Waals surface area contributed by atoms with Crippen LogP contribution in [0.1, 0.15) is 0 Å². The fourth-order valence-corrected chi connectivity index (χ4v) is 1.49. The lowest BCUT2D eigenvalue weighted by molar-refractivity contribution is 0.736. The van der Waals surface area contributed by atoms with E-state index >= 15 is 0 Å². The molecule has 0 aliphatic rings. The highest BCUT2D eigenvalue weighted by Gasteiger charge is 1.99. The zero-order valence-electron chi connectivity index (χ0n) is 5.95. The Morgan fingerprint density at radius 3 is 3.09 bits per heavy atom. The van der Waals surface area contributed by atoms with Crippen LogP contribution in [0.25, 0.3) is 11.0 Å². The standard InChI is InChI=1S/C7H6IN3/c1-11-7-3-2-5(8)4-6(7)9-10-11/h2-4H,1H3. The Morgan fingerprint density at radius 2 is 2.27 bits per heavy atom. The van der Waals surface area contributed by atoms with Crippen LogP contribution in [0.15, 0.2) is 18.2 Å². The average molecular weight is 259 g/mol. The van der Waals surface area contributed by atoms with Crippen LogP contribution in [0.5, 0.6) is 0 Å². The van der Waals surface area contributed by atoms with Crippen LogP contribution in [0.4, 0.5) is 0 Å². The van der Waals surface area contributed by atoms with Crippen molar-refractivity contribution < 1.29 is 0 Å². The molecular formula is C7H6IN3. The van der Waals surface area contributed by atoms with E-state index in [1.54, 1.807) is 4.68 Å². The summed E-state index contributed by atoms with van der Waals surface area (Å²) >= 11 is 2.26. The summed E-state index contributed by atoms with van der Waals surface area (Å²) in [6.07, 6.45) is 0. The predicted octanol–water partition coefficient (Wildman–Crippen LogP) is 1.57. The molecule has 0 radical (unpaired) electrons. The third kappa shape index (κ3) is 1.11. The third-order valence-electron chi connectivity index (χ3n) is 1.57. The van der Waals surface area contributed by atoms with Crippen molar-refractivity contribution in [1.29, 1.82) is 0 Å². The van der Waals surface area contributed by atoms with Crippen molar-refractivity contribution in [3.05, 3.63) is 21.8 Å². The molecule has 0 spiro atoms. The molecule has 11 heavy (non-hydrogen) atoms. The summed E-state index contributed by atoms with van der Waals surface area (Å²) in [6, 6.07) is 6.09. The van der Waals surface area contributed by atoms with Gasteiger partial charge in [0.2, 0.25) is 0 Å². The molecule has 0 amide bonds. The molecule has 0 N–H and O–H groups in total. The molecule has 1 aromatic heterocycles. The van der Waals surface area contributed by atoms with Crippen molar-refractivity contribution in [2.45, 2.75) is 0 Å². The van der Waals surface area contributed by atoms with E-state index in [0.29, 0.717) is 0 Å². The van der Waals surface area contributed by atoms with Gasteiger partial charge in [-0.05, 0) is 40.8 Å². The monoisotopic (exact) mass is 259 g/mol. The molecule has 4 heteroatoms. The summed E-state index contributed by atoms with van der Waals surface area (Å²) in [5, 5.41) is 7.89. The highest BCUT2D eigenvalue weighted by Crippen LogP contribution is 2.13. The maximum Gasteiger partial charge on any atom is 0.114 e. The molecule has 0 bridgehead atoms. The highest BCUT2D eigenvalue weighted by molar-refractivity contribution is 14.1. The van der Waals surface area contributed by atoms with Crippen molar-refractivity contribution >= 4 is 33.6 Å². The van der Waals surface area contributed by atoms with Crippen molar-refractivity contribution in [2.24, 2.45) is 7.05 Å². The first-order valence-corrected chi connectivity index (χ1v) is 4.30. The van der Waals surface area contributed by atoms with Gasteiger partial charge in [0.1, 0.15) is 5.52 Å². The molecule has 2 aromatic rings. The summed E-state index contributed by atoms with van der Waals surface area (Å²) in [5.41, 5.74) is 2.03. The van der Waals surface area contributed by atoms with Crippen LogP contribution >= 0.6 is 22.6 Å². The molecule has 1 heterocycles. The van der Waals surface area contributed by atoms with E-state index in [0.717, 1.165) is 11.0 Å². The molecule has 0 atom stereocenters. The van der Waals surface area contributed by atoms with Gasteiger partial charge in [0.05, 0.1) is 5.52 Å². The summed E-state index contributed by atoms with van der Waals surface area (Å²) in [6.45, 7) is 0. The van der Waals surface area contributed by atoms with Gasteiger partial charge in [0.15, 0.2) is 0 Å². The van der Waals surface area contributed by atoms with Gasteiger partial charge >= 0.3 is 0 Å². The second-order valence-electron chi connectivity index (χ2n) is 2.35. The number of aromatic nitrogens is 3. The van der Waals surface area contributed by atoms with E-state index in [4.69, 9.17) is 0 Å². The van der Waals surface area contributed by atoms with Crippen LogP contribution in [-0.4, -0.2) is 15.0 Å². The second-order valence-corrected chi connectivity index (χ2v) is 3.59. The number of benzene rings is 1. The largest absolute Gasteiger partial charge is 0.248 e. The number of halogens is 1. The lowest BCUT2D eigenvalue weighted by Gasteiger charge is -1.90. The molecule has 0 saturated heterocycles. The number of aryl methyl sites for hydroxylation is 1. The molecule has 0 aliphatic carbocycles. The zero-order chi connectivity index (χ0) is 7.84. The van der Waals surface area contributed by atoms with Crippen LogP contribution in [-0.2, 0) is 7.05 Å². The van der Waals surface area contributed by atoms with Gasteiger partial charge in [-0.2, -0.15) is 0 Å². The smallest absolute Gasteiger partial charge is 0.114 e. The number of hydrogen-bond acceptors (Lipinski definition) is 2. The molecule has 0 saturated carbocycles. The van der Waals surface area contributed by atoms with Crippen LogP contribution < -0.4 is 0 Å². The van der Waals surface area contributed by atoms with E-state index in [-0.39, 0.29) is 0 Å². The van der Waals surface area contributed by atoms with Gasteiger partial charge in [-0.1, -0.05) is 5.21 Å². The molecule has 2 rings (SSSR count). The van der Waals surface area contributed by atoms with Gasteiger partial charge < -0.3 is 0 Å². The molecule has 1 aromatic carbocycles. The molecular weight excluding hydrogens is 253 g/mol. The van der Waals surface area contributed by atoms with Gasteiger partial charge in [-0.3, -0.25) is 0 Å². The van der Waals surface area contributed by atoms with Gasteiger partial charge in [0.25, 0.3) is 0 Å². The lowest BCUT2D eigenvalue weighted by atomic mass is 10.3. The van der Waals surface area contributed by atoms with Gasteiger partial charge in [-0.25, -0.2) is 4.68 Å². The summed E-state index contributed by atoms with van der Waals surface area (Å²) < 4.78 is 2.96. The fraction of sp³-hybridized carbons (Fsp3) is 0.143. The predicted molar refractivity (Wildman–Crippen MR) is 51.2 cm³/mol. The normalized spacial score (nSPS) is 10.7. The SMILES string of the molecule is Cn1nnc2cc(I)ccc21. The van der Waals surface area contributed by atoms with E-state index in [1.807, 2.05) is 25.2 Å². The van der Waals surface area contributed by atoms with Gasteiger partial charge in [-0.15, -0.1) is 5.10 Å². The maximum absolute atomic E-state index is 3.99. The van der Waals surface area contributed by atoms with E-state index in [9.17, 15) is 0 Å². The number of hydrogen-bond donors (Lipinski definition) is 0. The van der Waals surface area contributed by atoms with Crippen LogP contribution in [0, 0.1) is 3.57 Å². The Hall–Kier alpha value is -0.650. The van der Waals surface area contributed by atoms with Crippen molar-refractivity contribution in [2.75, 3.05) is 0 Å². The first-order chi connectivity index (χ1) is 5.27. The molecule has 3 nitrogen and oxygen atoms in total. The average Bonchev–Trinajstić information content (AvgIpc) is 2.32. The zero-order valence-corrected chi connectivity index (χ0v) is 8.11. The minimum Gasteiger partial charge on any atom is -0.248 e. The first-order valence-electron chi connectivity index (χ1n) is 3.22. The highest BCUT2D eigenvalue weighted by atomic mass is 127. The Morgan fingerprint density at radius 1 is 1.45 bits per heavy atom. The Balaban J connectivity index is 2.86. The van der Waals surface area contributed by atoms with Crippen LogP contribution in [0.3, 0.4) is 0 Å². The summed E-state index contributed by atoms with van der Waals surface area (Å²) in [7, 11) is 1.89. The van der Waals surface area contributed by atoms with E-state index in [2.05, 4.69) is 32.9 Å². The lowest BCUT2D eigenvalue weighted by Crippen LogP contribution is -1.88. The summed E-state index contributed by atoms with van der Waals surface area (Å²) in [4.78, 5) is 0. The van der Waals surface area contributed by atoms with Crippen molar-refractivity contribution in [1.82, 2.24) is 15.0 Å². The topological polar surface area (TPSA) is 30.7 Å². The van der Waals surface area contributed by atoms with Crippen molar-refractivity contribution in [3.63, 3.8) is 0 Å². The first kappa shape index (κ1) is 7.02. The number of rotatable bonds is 0.